The van der Waals surface area contributed by atoms with Gasteiger partial charge in [-0.05, 0) is 12.1 Å². The molecule has 1 aromatic carbocycles. The van der Waals surface area contributed by atoms with Gasteiger partial charge in [-0.3, -0.25) is 0 Å². The van der Waals surface area contributed by atoms with Crippen LogP contribution >= 0.6 is 11.6 Å². The average molecular weight is 255 g/mol. The van der Waals surface area contributed by atoms with Crippen LogP contribution in [0.1, 0.15) is 25.5 Å². The maximum absolute atomic E-state index is 13.8. The Morgan fingerprint density at radius 3 is 2.65 bits per heavy atom. The number of hydrogen-bond donors (Lipinski definition) is 1. The lowest BCUT2D eigenvalue weighted by molar-refractivity contribution is 0.374. The first-order valence-electron chi connectivity index (χ1n) is 5.21. The van der Waals surface area contributed by atoms with E-state index in [4.69, 9.17) is 21.9 Å². The van der Waals surface area contributed by atoms with Crippen LogP contribution in [0.4, 0.5) is 10.2 Å². The van der Waals surface area contributed by atoms with Gasteiger partial charge in [0.05, 0.1) is 10.6 Å². The summed E-state index contributed by atoms with van der Waals surface area (Å²) in [5.41, 5.74) is 6.41. The number of nitrogens with two attached hydrogens (primary N) is 1. The Morgan fingerprint density at radius 2 is 2.06 bits per heavy atom. The first kappa shape index (κ1) is 11.9. The van der Waals surface area contributed by atoms with E-state index < -0.39 is 5.82 Å². The Kier molecular flexibility index (Phi) is 3.07. The molecule has 3 nitrogen and oxygen atoms in total. The number of hydrogen-bond acceptors (Lipinski definition) is 3. The molecule has 2 rings (SSSR count). The summed E-state index contributed by atoms with van der Waals surface area (Å²) < 4.78 is 18.9. The van der Waals surface area contributed by atoms with Crippen molar-refractivity contribution in [2.75, 3.05) is 5.73 Å². The molecule has 0 amide bonds. The molecule has 2 N–H and O–H groups in total. The Morgan fingerprint density at radius 1 is 1.35 bits per heavy atom. The van der Waals surface area contributed by atoms with Gasteiger partial charge in [-0.25, -0.2) is 4.39 Å². The van der Waals surface area contributed by atoms with Crippen molar-refractivity contribution in [2.24, 2.45) is 0 Å². The van der Waals surface area contributed by atoms with Crippen LogP contribution in [-0.2, 0) is 0 Å². The number of halogens is 2. The van der Waals surface area contributed by atoms with Crippen molar-refractivity contribution in [3.05, 3.63) is 34.8 Å². The lowest BCUT2D eigenvalue weighted by Crippen LogP contribution is -1.95. The monoisotopic (exact) mass is 254 g/mol. The maximum atomic E-state index is 13.8. The van der Waals surface area contributed by atoms with Crippen LogP contribution in [-0.4, -0.2) is 5.16 Å². The third-order valence-electron chi connectivity index (χ3n) is 2.48. The third-order valence-corrected chi connectivity index (χ3v) is 2.80. The van der Waals surface area contributed by atoms with Gasteiger partial charge in [0.15, 0.2) is 5.82 Å². The molecule has 0 fully saturated rings. The van der Waals surface area contributed by atoms with Crippen molar-refractivity contribution < 1.29 is 8.91 Å². The molecular weight excluding hydrogens is 243 g/mol. The van der Waals surface area contributed by atoms with Crippen LogP contribution in [0.15, 0.2) is 22.7 Å². The second-order valence-corrected chi connectivity index (χ2v) is 4.47. The number of nitrogen functional groups attached to an aromatic ring is 1. The van der Waals surface area contributed by atoms with Crippen molar-refractivity contribution >= 4 is 17.4 Å². The van der Waals surface area contributed by atoms with Crippen molar-refractivity contribution in [1.29, 1.82) is 0 Å². The lowest BCUT2D eigenvalue weighted by Gasteiger charge is -2.07. The summed E-state index contributed by atoms with van der Waals surface area (Å²) in [5.74, 6) is 0.301. The molecule has 90 valence electrons. The molecule has 1 heterocycles. The summed E-state index contributed by atoms with van der Waals surface area (Å²) >= 11 is 6.00. The van der Waals surface area contributed by atoms with Gasteiger partial charge in [-0.1, -0.05) is 36.7 Å². The van der Waals surface area contributed by atoms with Crippen LogP contribution in [0.3, 0.4) is 0 Å². The van der Waals surface area contributed by atoms with E-state index in [1.165, 1.54) is 6.07 Å². The number of anilines is 1. The van der Waals surface area contributed by atoms with Gasteiger partial charge in [0.2, 0.25) is 0 Å². The highest BCUT2D eigenvalue weighted by atomic mass is 35.5. The van der Waals surface area contributed by atoms with Crippen LogP contribution < -0.4 is 5.73 Å². The molecule has 0 spiro atoms. The summed E-state index contributed by atoms with van der Waals surface area (Å²) in [6, 6.07) is 4.48. The summed E-state index contributed by atoms with van der Waals surface area (Å²) in [6.07, 6.45) is 0. The zero-order valence-electron chi connectivity index (χ0n) is 9.50. The first-order chi connectivity index (χ1) is 8.02. The summed E-state index contributed by atoms with van der Waals surface area (Å²) in [5, 5.41) is 3.97. The second-order valence-electron chi connectivity index (χ2n) is 4.06. The summed E-state index contributed by atoms with van der Waals surface area (Å²) in [4.78, 5) is 0. The summed E-state index contributed by atoms with van der Waals surface area (Å²) in [6.45, 7) is 3.83. The van der Waals surface area contributed by atoms with E-state index in [1.54, 1.807) is 12.1 Å². The second kappa shape index (κ2) is 4.37. The van der Waals surface area contributed by atoms with E-state index in [2.05, 4.69) is 5.16 Å². The van der Waals surface area contributed by atoms with Gasteiger partial charge < -0.3 is 10.3 Å². The Labute approximate surface area is 103 Å². The molecule has 17 heavy (non-hydrogen) atoms. The molecular formula is C12H12ClFN2O. The third kappa shape index (κ3) is 2.00. The van der Waals surface area contributed by atoms with Gasteiger partial charge in [0.1, 0.15) is 11.6 Å². The van der Waals surface area contributed by atoms with Crippen molar-refractivity contribution in [3.63, 3.8) is 0 Å². The van der Waals surface area contributed by atoms with Gasteiger partial charge >= 0.3 is 0 Å². The molecule has 0 saturated heterocycles. The van der Waals surface area contributed by atoms with E-state index in [0.717, 1.165) is 0 Å². The fourth-order valence-electron chi connectivity index (χ4n) is 1.70. The molecule has 0 radical (unpaired) electrons. The minimum Gasteiger partial charge on any atom is -0.380 e. The molecule has 0 atom stereocenters. The number of rotatable bonds is 2. The maximum Gasteiger partial charge on any atom is 0.175 e. The smallest absolute Gasteiger partial charge is 0.175 e. The van der Waals surface area contributed by atoms with Crippen molar-refractivity contribution in [2.45, 2.75) is 19.8 Å². The molecule has 2 aromatic rings. The van der Waals surface area contributed by atoms with Crippen LogP contribution in [0.5, 0.6) is 0 Å². The van der Waals surface area contributed by atoms with Gasteiger partial charge in [-0.15, -0.1) is 0 Å². The molecule has 0 saturated carbocycles. The van der Waals surface area contributed by atoms with E-state index in [-0.39, 0.29) is 17.3 Å². The fraction of sp³-hybridized carbons (Fsp3) is 0.250. The SMILES string of the molecule is CC(C)c1onc(N)c1-c1c(F)cccc1Cl. The normalized spacial score (nSPS) is 11.1. The lowest BCUT2D eigenvalue weighted by atomic mass is 9.99. The number of aromatic nitrogens is 1. The Bertz CT molecular complexity index is 531. The number of benzene rings is 1. The molecule has 1 aromatic heterocycles. The molecule has 5 heteroatoms. The van der Waals surface area contributed by atoms with E-state index in [0.29, 0.717) is 16.3 Å². The highest BCUT2D eigenvalue weighted by Gasteiger charge is 2.23. The zero-order valence-corrected chi connectivity index (χ0v) is 10.3. The molecule has 0 unspecified atom stereocenters. The summed E-state index contributed by atoms with van der Waals surface area (Å²) in [7, 11) is 0. The molecule has 0 aliphatic rings. The van der Waals surface area contributed by atoms with E-state index in [1.807, 2.05) is 13.8 Å². The van der Waals surface area contributed by atoms with E-state index >= 15 is 0 Å². The van der Waals surface area contributed by atoms with Gasteiger partial charge in [0, 0.05) is 11.5 Å². The fourth-order valence-corrected chi connectivity index (χ4v) is 1.96. The Hall–Kier alpha value is -1.55. The van der Waals surface area contributed by atoms with Crippen molar-refractivity contribution in [3.8, 4) is 11.1 Å². The van der Waals surface area contributed by atoms with Crippen LogP contribution in [0.2, 0.25) is 5.02 Å². The highest BCUT2D eigenvalue weighted by molar-refractivity contribution is 6.33. The minimum atomic E-state index is -0.436. The number of nitrogens with zero attached hydrogens (tertiary/aromatic N) is 1. The van der Waals surface area contributed by atoms with Crippen LogP contribution in [0, 0.1) is 5.82 Å². The molecule has 0 aliphatic heterocycles. The van der Waals surface area contributed by atoms with E-state index in [9.17, 15) is 4.39 Å². The first-order valence-corrected chi connectivity index (χ1v) is 5.59. The standard InChI is InChI=1S/C12H12ClFN2O/c1-6(2)11-10(12(15)16-17-11)9-7(13)4-3-5-8(9)14/h3-6H,1-2H3,(H2,15,16). The zero-order chi connectivity index (χ0) is 12.6. The molecule has 0 aliphatic carbocycles. The topological polar surface area (TPSA) is 52.0 Å². The van der Waals surface area contributed by atoms with Crippen molar-refractivity contribution in [1.82, 2.24) is 5.16 Å². The minimum absolute atomic E-state index is 0.0467. The predicted molar refractivity (Wildman–Crippen MR) is 65.4 cm³/mol. The average Bonchev–Trinajstić information content (AvgIpc) is 2.61. The predicted octanol–water partition coefficient (Wildman–Crippen LogP) is 3.84. The van der Waals surface area contributed by atoms with Gasteiger partial charge in [0.25, 0.3) is 0 Å². The quantitative estimate of drug-likeness (QED) is 0.886. The molecule has 0 bridgehead atoms. The highest BCUT2D eigenvalue weighted by Crippen LogP contribution is 2.39. The van der Waals surface area contributed by atoms with Gasteiger partial charge in [-0.2, -0.15) is 0 Å². The van der Waals surface area contributed by atoms with Crippen LogP contribution in [0.25, 0.3) is 11.1 Å². The largest absolute Gasteiger partial charge is 0.380 e. The Balaban J connectivity index is 2.72.